The average Bonchev–Trinajstić information content (AvgIpc) is 2.41. The molecule has 1 aliphatic carbocycles. The molecule has 1 unspecified atom stereocenters. The highest BCUT2D eigenvalue weighted by Crippen LogP contribution is 2.37. The molecule has 1 saturated carbocycles. The van der Waals surface area contributed by atoms with Gasteiger partial charge in [0, 0.05) is 6.04 Å². The first kappa shape index (κ1) is 13.6. The van der Waals surface area contributed by atoms with Crippen LogP contribution in [0.2, 0.25) is 0 Å². The van der Waals surface area contributed by atoms with Gasteiger partial charge in [-0.25, -0.2) is 0 Å². The zero-order valence-electron chi connectivity index (χ0n) is 12.1. The molecule has 0 aromatic heterocycles. The molecular formula is C17H27N. The lowest BCUT2D eigenvalue weighted by Crippen LogP contribution is -2.26. The number of nitrogens with two attached hydrogens (primary N) is 1. The van der Waals surface area contributed by atoms with Gasteiger partial charge in [0.25, 0.3) is 0 Å². The van der Waals surface area contributed by atoms with Gasteiger partial charge in [-0.3, -0.25) is 0 Å². The summed E-state index contributed by atoms with van der Waals surface area (Å²) < 4.78 is 0. The summed E-state index contributed by atoms with van der Waals surface area (Å²) in [5, 5.41) is 0. The minimum atomic E-state index is 0.238. The van der Waals surface area contributed by atoms with Crippen molar-refractivity contribution in [2.75, 3.05) is 0 Å². The fourth-order valence-corrected chi connectivity index (χ4v) is 3.20. The normalized spacial score (nSPS) is 26.0. The molecule has 0 bridgehead atoms. The van der Waals surface area contributed by atoms with E-state index in [2.05, 4.69) is 39.0 Å². The molecule has 2 N–H and O–H groups in total. The fraction of sp³-hybridized carbons (Fsp3) is 0.647. The third-order valence-electron chi connectivity index (χ3n) is 4.89. The Labute approximate surface area is 112 Å². The summed E-state index contributed by atoms with van der Waals surface area (Å²) in [6.07, 6.45) is 6.71. The van der Waals surface area contributed by atoms with E-state index in [9.17, 15) is 0 Å². The van der Waals surface area contributed by atoms with Crippen LogP contribution >= 0.6 is 0 Å². The Morgan fingerprint density at radius 1 is 1.11 bits per heavy atom. The Hall–Kier alpha value is -0.820. The number of benzene rings is 1. The number of hydrogen-bond donors (Lipinski definition) is 1. The molecule has 18 heavy (non-hydrogen) atoms. The van der Waals surface area contributed by atoms with Crippen molar-refractivity contribution < 1.29 is 0 Å². The summed E-state index contributed by atoms with van der Waals surface area (Å²) in [6.45, 7) is 6.66. The molecule has 0 aliphatic heterocycles. The van der Waals surface area contributed by atoms with E-state index >= 15 is 0 Å². The van der Waals surface area contributed by atoms with Crippen molar-refractivity contribution in [3.63, 3.8) is 0 Å². The molecule has 0 spiro atoms. The molecule has 1 heteroatoms. The Bertz CT molecular complexity index is 389. The van der Waals surface area contributed by atoms with Crippen LogP contribution in [0.1, 0.15) is 61.8 Å². The van der Waals surface area contributed by atoms with Crippen LogP contribution in [0.4, 0.5) is 0 Å². The van der Waals surface area contributed by atoms with Crippen LogP contribution in [0.3, 0.4) is 0 Å². The molecule has 0 heterocycles. The van der Waals surface area contributed by atoms with Crippen molar-refractivity contribution in [3.8, 4) is 0 Å². The maximum atomic E-state index is 6.48. The topological polar surface area (TPSA) is 26.0 Å². The summed E-state index contributed by atoms with van der Waals surface area (Å²) in [5.74, 6) is 1.64. The van der Waals surface area contributed by atoms with E-state index in [1.54, 1.807) is 0 Å². The number of rotatable bonds is 3. The standard InChI is InChI=1S/C17H27N/c1-4-14-6-9-15(10-7-14)17(18)16-8-5-12(2)13(3)11-16/h5,8,11,14-15,17H,4,6-7,9-10,18H2,1-3H3. The van der Waals surface area contributed by atoms with Gasteiger partial charge >= 0.3 is 0 Å². The third-order valence-corrected chi connectivity index (χ3v) is 4.89. The van der Waals surface area contributed by atoms with E-state index in [0.717, 1.165) is 5.92 Å². The lowest BCUT2D eigenvalue weighted by atomic mass is 9.76. The number of hydrogen-bond acceptors (Lipinski definition) is 1. The Morgan fingerprint density at radius 2 is 1.78 bits per heavy atom. The second-order valence-corrected chi connectivity index (χ2v) is 6.06. The maximum absolute atomic E-state index is 6.48. The second kappa shape index (κ2) is 5.88. The van der Waals surface area contributed by atoms with Crippen LogP contribution in [-0.4, -0.2) is 0 Å². The summed E-state index contributed by atoms with van der Waals surface area (Å²) in [6, 6.07) is 6.95. The summed E-state index contributed by atoms with van der Waals surface area (Å²) in [7, 11) is 0. The summed E-state index contributed by atoms with van der Waals surface area (Å²) >= 11 is 0. The third kappa shape index (κ3) is 2.95. The molecule has 0 radical (unpaired) electrons. The lowest BCUT2D eigenvalue weighted by molar-refractivity contribution is 0.240. The van der Waals surface area contributed by atoms with Crippen molar-refractivity contribution in [3.05, 3.63) is 34.9 Å². The first-order chi connectivity index (χ1) is 8.61. The zero-order valence-corrected chi connectivity index (χ0v) is 12.1. The quantitative estimate of drug-likeness (QED) is 0.832. The van der Waals surface area contributed by atoms with E-state index in [1.807, 2.05) is 0 Å². The Kier molecular flexibility index (Phi) is 4.45. The van der Waals surface area contributed by atoms with Gasteiger partial charge in [-0.05, 0) is 55.2 Å². The first-order valence-electron chi connectivity index (χ1n) is 7.44. The molecule has 1 nitrogen and oxygen atoms in total. The first-order valence-corrected chi connectivity index (χ1v) is 7.44. The minimum absolute atomic E-state index is 0.238. The molecule has 100 valence electrons. The SMILES string of the molecule is CCC1CCC(C(N)c2ccc(C)c(C)c2)CC1. The average molecular weight is 245 g/mol. The largest absolute Gasteiger partial charge is 0.324 e. The molecule has 0 amide bonds. The predicted molar refractivity (Wildman–Crippen MR) is 78.6 cm³/mol. The molecule has 1 aromatic rings. The molecular weight excluding hydrogens is 218 g/mol. The molecule has 1 atom stereocenters. The summed E-state index contributed by atoms with van der Waals surface area (Å²) in [4.78, 5) is 0. The zero-order chi connectivity index (χ0) is 13.1. The predicted octanol–water partition coefficient (Wildman–Crippen LogP) is 4.52. The molecule has 1 aromatic carbocycles. The van der Waals surface area contributed by atoms with Gasteiger partial charge in [-0.2, -0.15) is 0 Å². The van der Waals surface area contributed by atoms with Crippen molar-refractivity contribution in [1.29, 1.82) is 0 Å². The van der Waals surface area contributed by atoms with Crippen molar-refractivity contribution in [2.45, 2.75) is 58.9 Å². The number of aryl methyl sites for hydroxylation is 2. The van der Waals surface area contributed by atoms with E-state index in [4.69, 9.17) is 5.73 Å². The minimum Gasteiger partial charge on any atom is -0.324 e. The van der Waals surface area contributed by atoms with Gasteiger partial charge in [-0.1, -0.05) is 44.4 Å². The molecule has 1 fully saturated rings. The van der Waals surface area contributed by atoms with Crippen molar-refractivity contribution >= 4 is 0 Å². The van der Waals surface area contributed by atoms with E-state index in [0.29, 0.717) is 5.92 Å². The van der Waals surface area contributed by atoms with Crippen LogP contribution < -0.4 is 5.73 Å². The van der Waals surface area contributed by atoms with Gasteiger partial charge in [-0.15, -0.1) is 0 Å². The maximum Gasteiger partial charge on any atom is 0.0323 e. The van der Waals surface area contributed by atoms with E-state index in [1.165, 1.54) is 48.8 Å². The van der Waals surface area contributed by atoms with Crippen LogP contribution in [0.25, 0.3) is 0 Å². The highest BCUT2D eigenvalue weighted by atomic mass is 14.7. The van der Waals surface area contributed by atoms with Crippen molar-refractivity contribution in [2.24, 2.45) is 17.6 Å². The van der Waals surface area contributed by atoms with Crippen LogP contribution in [-0.2, 0) is 0 Å². The van der Waals surface area contributed by atoms with Crippen LogP contribution in [0.15, 0.2) is 18.2 Å². The molecule has 1 aliphatic rings. The van der Waals surface area contributed by atoms with Gasteiger partial charge in [0.15, 0.2) is 0 Å². The monoisotopic (exact) mass is 245 g/mol. The van der Waals surface area contributed by atoms with Crippen LogP contribution in [0.5, 0.6) is 0 Å². The highest BCUT2D eigenvalue weighted by Gasteiger charge is 2.25. The molecule has 2 rings (SSSR count). The summed E-state index contributed by atoms with van der Waals surface area (Å²) in [5.41, 5.74) is 10.5. The Morgan fingerprint density at radius 3 is 2.33 bits per heavy atom. The smallest absolute Gasteiger partial charge is 0.0323 e. The van der Waals surface area contributed by atoms with Crippen molar-refractivity contribution in [1.82, 2.24) is 0 Å². The highest BCUT2D eigenvalue weighted by molar-refractivity contribution is 5.31. The Balaban J connectivity index is 2.03. The van der Waals surface area contributed by atoms with Gasteiger partial charge in [0.2, 0.25) is 0 Å². The van der Waals surface area contributed by atoms with Crippen LogP contribution in [0, 0.1) is 25.7 Å². The van der Waals surface area contributed by atoms with E-state index in [-0.39, 0.29) is 6.04 Å². The van der Waals surface area contributed by atoms with Gasteiger partial charge in [0.05, 0.1) is 0 Å². The van der Waals surface area contributed by atoms with E-state index < -0.39 is 0 Å². The molecule has 0 saturated heterocycles. The second-order valence-electron chi connectivity index (χ2n) is 6.06. The lowest BCUT2D eigenvalue weighted by Gasteiger charge is -2.32. The van der Waals surface area contributed by atoms with Gasteiger partial charge < -0.3 is 5.73 Å². The fourth-order valence-electron chi connectivity index (χ4n) is 3.20. The van der Waals surface area contributed by atoms with Gasteiger partial charge in [0.1, 0.15) is 0 Å².